The summed E-state index contributed by atoms with van der Waals surface area (Å²) >= 11 is 0. The molecule has 0 aromatic heterocycles. The average molecular weight is 455 g/mol. The fourth-order valence-corrected chi connectivity index (χ4v) is 6.79. The number of likely N-dealkylation sites (N-methyl/N-ethyl adjacent to an activating group) is 1. The number of amides is 2. The van der Waals surface area contributed by atoms with Gasteiger partial charge in [0.15, 0.2) is 9.84 Å². The van der Waals surface area contributed by atoms with Gasteiger partial charge in [-0.2, -0.15) is 0 Å². The Labute approximate surface area is 189 Å². The molecule has 4 rings (SSSR count). The summed E-state index contributed by atoms with van der Waals surface area (Å²) in [6.07, 6.45) is 1.44. The van der Waals surface area contributed by atoms with Gasteiger partial charge in [-0.3, -0.25) is 9.59 Å². The Kier molecular flexibility index (Phi) is 5.65. The highest BCUT2D eigenvalue weighted by Crippen LogP contribution is 2.39. The minimum absolute atomic E-state index is 0.00433. The van der Waals surface area contributed by atoms with Crippen LogP contribution in [0.5, 0.6) is 0 Å². The fraction of sp³-hybridized carbons (Fsp3) is 0.440. The van der Waals surface area contributed by atoms with Gasteiger partial charge >= 0.3 is 0 Å². The Morgan fingerprint density at radius 1 is 1.12 bits per heavy atom. The molecule has 2 aliphatic rings. The first kappa shape index (κ1) is 22.5. The molecule has 0 radical (unpaired) electrons. The summed E-state index contributed by atoms with van der Waals surface area (Å²) in [5.74, 6) is -1.25. The van der Waals surface area contributed by atoms with E-state index in [2.05, 4.69) is 0 Å². The molecule has 0 saturated carbocycles. The fourth-order valence-electron chi connectivity index (χ4n) is 5.19. The molecule has 7 heteroatoms. The lowest BCUT2D eigenvalue weighted by Crippen LogP contribution is -2.49. The third-order valence-corrected chi connectivity index (χ3v) is 9.18. The molecule has 2 aromatic rings. The normalized spacial score (nSPS) is 27.9. The van der Waals surface area contributed by atoms with Crippen LogP contribution in [-0.2, 0) is 32.3 Å². The first-order valence-corrected chi connectivity index (χ1v) is 12.6. The van der Waals surface area contributed by atoms with E-state index in [-0.39, 0.29) is 34.4 Å². The molecule has 2 amide bonds. The van der Waals surface area contributed by atoms with Gasteiger partial charge in [-0.1, -0.05) is 43.3 Å². The van der Waals surface area contributed by atoms with Gasteiger partial charge in [0.05, 0.1) is 22.0 Å². The maximum atomic E-state index is 13.3. The molecule has 170 valence electrons. The smallest absolute Gasteiger partial charge is 0.226 e. The molecule has 2 aromatic carbocycles. The summed E-state index contributed by atoms with van der Waals surface area (Å²) < 4.78 is 26.6. The van der Waals surface area contributed by atoms with Crippen LogP contribution in [-0.4, -0.2) is 44.0 Å². The van der Waals surface area contributed by atoms with Gasteiger partial charge in [0.2, 0.25) is 11.8 Å². The lowest BCUT2D eigenvalue weighted by atomic mass is 9.80. The standard InChI is InChI=1S/C25H30N2O4S/c1-16-22(17-7-5-4-6-8-17)12-20(23(28)27(16)3)15-32(30,31)21-10-9-18-13-25(2,24(26)29)14-19(18)11-21/h4-11,16,20,22H,12-15H2,1-3H3,(H2,26,29)/t16-,20-,22-,25?/m1/s1. The number of hydrogen-bond acceptors (Lipinski definition) is 4. The van der Waals surface area contributed by atoms with E-state index in [1.54, 1.807) is 30.1 Å². The van der Waals surface area contributed by atoms with Crippen molar-refractivity contribution in [2.75, 3.05) is 12.8 Å². The molecule has 32 heavy (non-hydrogen) atoms. The Hall–Kier alpha value is -2.67. The average Bonchev–Trinajstić information content (AvgIpc) is 3.11. The van der Waals surface area contributed by atoms with Crippen LogP contribution in [0.15, 0.2) is 53.4 Å². The second kappa shape index (κ2) is 8.03. The number of likely N-dealkylation sites (tertiary alicyclic amines) is 1. The Bertz CT molecular complexity index is 1160. The molecule has 1 aliphatic heterocycles. The Balaban J connectivity index is 1.58. The molecule has 4 atom stereocenters. The van der Waals surface area contributed by atoms with Gasteiger partial charge in [0.1, 0.15) is 0 Å². The van der Waals surface area contributed by atoms with Gasteiger partial charge in [0, 0.05) is 19.0 Å². The van der Waals surface area contributed by atoms with Gasteiger partial charge in [-0.15, -0.1) is 0 Å². The van der Waals surface area contributed by atoms with Crippen LogP contribution in [0.1, 0.15) is 42.9 Å². The van der Waals surface area contributed by atoms with Crippen molar-refractivity contribution in [3.8, 4) is 0 Å². The van der Waals surface area contributed by atoms with Crippen molar-refractivity contribution in [3.05, 3.63) is 65.2 Å². The number of sulfone groups is 1. The van der Waals surface area contributed by atoms with Crippen LogP contribution in [0.2, 0.25) is 0 Å². The van der Waals surface area contributed by atoms with Crippen molar-refractivity contribution < 1.29 is 18.0 Å². The Morgan fingerprint density at radius 2 is 1.78 bits per heavy atom. The minimum atomic E-state index is -3.68. The predicted molar refractivity (Wildman–Crippen MR) is 123 cm³/mol. The topological polar surface area (TPSA) is 97.5 Å². The van der Waals surface area contributed by atoms with Crippen molar-refractivity contribution in [1.29, 1.82) is 0 Å². The number of hydrogen-bond donors (Lipinski definition) is 1. The van der Waals surface area contributed by atoms with E-state index >= 15 is 0 Å². The summed E-state index contributed by atoms with van der Waals surface area (Å²) in [5.41, 5.74) is 7.79. The molecule has 1 saturated heterocycles. The number of fused-ring (bicyclic) bond motifs is 1. The van der Waals surface area contributed by atoms with Gasteiger partial charge in [-0.05, 0) is 55.0 Å². The summed E-state index contributed by atoms with van der Waals surface area (Å²) in [6.45, 7) is 3.82. The van der Waals surface area contributed by atoms with Crippen molar-refractivity contribution in [2.24, 2.45) is 17.1 Å². The van der Waals surface area contributed by atoms with E-state index in [1.807, 2.05) is 44.2 Å². The molecular weight excluding hydrogens is 424 g/mol. The summed E-state index contributed by atoms with van der Waals surface area (Å²) in [4.78, 5) is 26.7. The van der Waals surface area contributed by atoms with Crippen LogP contribution < -0.4 is 5.73 Å². The maximum Gasteiger partial charge on any atom is 0.226 e. The molecule has 0 bridgehead atoms. The highest BCUT2D eigenvalue weighted by molar-refractivity contribution is 7.91. The highest BCUT2D eigenvalue weighted by Gasteiger charge is 2.41. The van der Waals surface area contributed by atoms with Crippen LogP contribution >= 0.6 is 0 Å². The highest BCUT2D eigenvalue weighted by atomic mass is 32.2. The van der Waals surface area contributed by atoms with Crippen LogP contribution in [0.4, 0.5) is 0 Å². The summed E-state index contributed by atoms with van der Waals surface area (Å²) in [5, 5.41) is 0. The third-order valence-electron chi connectivity index (χ3n) is 7.37. The number of carbonyl (C=O) groups excluding carboxylic acids is 2. The van der Waals surface area contributed by atoms with E-state index in [4.69, 9.17) is 5.73 Å². The van der Waals surface area contributed by atoms with Gasteiger partial charge in [0.25, 0.3) is 0 Å². The van der Waals surface area contributed by atoms with Crippen molar-refractivity contribution in [1.82, 2.24) is 4.90 Å². The quantitative estimate of drug-likeness (QED) is 0.751. The molecular formula is C25H30N2O4S. The SMILES string of the molecule is C[C@@H]1[C@H](c2ccccc2)C[C@H](CS(=O)(=O)c2ccc3c(c2)CC(C)(C(N)=O)C3)C(=O)N1C. The lowest BCUT2D eigenvalue weighted by Gasteiger charge is -2.41. The zero-order valence-corrected chi connectivity index (χ0v) is 19.6. The number of nitrogens with zero attached hydrogens (tertiary/aromatic N) is 1. The largest absolute Gasteiger partial charge is 0.369 e. The zero-order valence-electron chi connectivity index (χ0n) is 18.7. The second-order valence-corrected chi connectivity index (χ2v) is 11.7. The third kappa shape index (κ3) is 3.94. The van der Waals surface area contributed by atoms with E-state index in [0.29, 0.717) is 19.3 Å². The molecule has 1 unspecified atom stereocenters. The molecule has 1 heterocycles. The number of nitrogens with two attached hydrogens (primary N) is 1. The summed E-state index contributed by atoms with van der Waals surface area (Å²) in [7, 11) is -1.93. The molecule has 1 fully saturated rings. The first-order chi connectivity index (χ1) is 15.0. The van der Waals surface area contributed by atoms with E-state index in [1.165, 1.54) is 0 Å². The van der Waals surface area contributed by atoms with E-state index < -0.39 is 21.2 Å². The van der Waals surface area contributed by atoms with E-state index in [9.17, 15) is 18.0 Å². The lowest BCUT2D eigenvalue weighted by molar-refractivity contribution is -0.139. The second-order valence-electron chi connectivity index (χ2n) is 9.63. The van der Waals surface area contributed by atoms with E-state index in [0.717, 1.165) is 16.7 Å². The number of piperidine rings is 1. The first-order valence-electron chi connectivity index (χ1n) is 11.0. The van der Waals surface area contributed by atoms with Crippen LogP contribution in [0.25, 0.3) is 0 Å². The van der Waals surface area contributed by atoms with Crippen LogP contribution in [0.3, 0.4) is 0 Å². The number of primary amides is 1. The molecule has 6 nitrogen and oxygen atoms in total. The monoisotopic (exact) mass is 454 g/mol. The van der Waals surface area contributed by atoms with Crippen molar-refractivity contribution >= 4 is 21.7 Å². The van der Waals surface area contributed by atoms with Gasteiger partial charge < -0.3 is 10.6 Å². The molecule has 0 spiro atoms. The number of benzene rings is 2. The molecule has 1 aliphatic carbocycles. The predicted octanol–water partition coefficient (Wildman–Crippen LogP) is 2.70. The Morgan fingerprint density at radius 3 is 2.44 bits per heavy atom. The van der Waals surface area contributed by atoms with Crippen molar-refractivity contribution in [3.63, 3.8) is 0 Å². The zero-order chi connectivity index (χ0) is 23.3. The number of carbonyl (C=O) groups is 2. The number of rotatable bonds is 5. The summed E-state index contributed by atoms with van der Waals surface area (Å²) in [6, 6.07) is 15.0. The molecule has 2 N–H and O–H groups in total. The van der Waals surface area contributed by atoms with Crippen molar-refractivity contribution in [2.45, 2.75) is 50.0 Å². The van der Waals surface area contributed by atoms with Gasteiger partial charge in [-0.25, -0.2) is 8.42 Å². The maximum absolute atomic E-state index is 13.3. The van der Waals surface area contributed by atoms with Crippen LogP contribution in [0, 0.1) is 11.3 Å². The minimum Gasteiger partial charge on any atom is -0.369 e.